The van der Waals surface area contributed by atoms with Crippen LogP contribution in [0, 0.1) is 0 Å². The molecule has 320 valence electrons. The number of aryl methyl sites for hydroxylation is 2. The molecule has 1 aromatic heterocycles. The SMILES string of the molecule is CCCCCCCCCCCCCCCCCc1n(CCCCCCCCCCCCCCCC)cc[n+]1CCCCCCCCCCCCCCCC. The Morgan fingerprint density at radius 3 is 0.889 bits per heavy atom. The maximum absolute atomic E-state index is 2.66. The molecule has 0 radical (unpaired) electrons. The quantitative estimate of drug-likeness (QED) is 0.0463. The number of nitrogens with zero attached hydrogens (tertiary/aromatic N) is 2. The number of hydrogen-bond donors (Lipinski definition) is 0. The summed E-state index contributed by atoms with van der Waals surface area (Å²) in [7, 11) is 0. The van der Waals surface area contributed by atoms with Crippen LogP contribution in [0.15, 0.2) is 12.4 Å². The van der Waals surface area contributed by atoms with Crippen molar-refractivity contribution in [3.63, 3.8) is 0 Å². The van der Waals surface area contributed by atoms with E-state index >= 15 is 0 Å². The van der Waals surface area contributed by atoms with E-state index in [1.807, 2.05) is 0 Å². The van der Waals surface area contributed by atoms with Crippen LogP contribution in [0.5, 0.6) is 0 Å². The van der Waals surface area contributed by atoms with Crippen molar-refractivity contribution >= 4 is 0 Å². The van der Waals surface area contributed by atoms with Crippen molar-refractivity contribution in [1.29, 1.82) is 0 Å². The van der Waals surface area contributed by atoms with Crippen LogP contribution in [0.4, 0.5) is 0 Å². The van der Waals surface area contributed by atoms with Crippen molar-refractivity contribution in [1.82, 2.24) is 4.57 Å². The Morgan fingerprint density at radius 1 is 0.315 bits per heavy atom. The molecule has 0 unspecified atom stereocenters. The smallest absolute Gasteiger partial charge is 0.234 e. The predicted molar refractivity (Wildman–Crippen MR) is 244 cm³/mol. The van der Waals surface area contributed by atoms with Gasteiger partial charge in [0.05, 0.1) is 13.1 Å². The Hall–Kier alpha value is -0.790. The number of hydrogen-bond acceptors (Lipinski definition) is 0. The van der Waals surface area contributed by atoms with Crippen molar-refractivity contribution in [2.75, 3.05) is 0 Å². The Kier molecular flexibility index (Phi) is 41.1. The fraction of sp³-hybridized carbons (Fsp3) is 0.942. The maximum Gasteiger partial charge on any atom is 0.256 e. The third-order valence-corrected chi connectivity index (χ3v) is 12.6. The van der Waals surface area contributed by atoms with Gasteiger partial charge >= 0.3 is 0 Å². The normalized spacial score (nSPS) is 11.7. The first kappa shape index (κ1) is 51.2. The van der Waals surface area contributed by atoms with Crippen LogP contribution in [-0.4, -0.2) is 4.57 Å². The molecule has 54 heavy (non-hydrogen) atoms. The second kappa shape index (κ2) is 43.3. The van der Waals surface area contributed by atoms with Crippen LogP contribution in [-0.2, 0) is 19.5 Å². The van der Waals surface area contributed by atoms with Crippen molar-refractivity contribution in [2.45, 2.75) is 316 Å². The van der Waals surface area contributed by atoms with Crippen LogP contribution < -0.4 is 4.57 Å². The van der Waals surface area contributed by atoms with Gasteiger partial charge in [-0.2, -0.15) is 0 Å². The zero-order valence-corrected chi connectivity index (χ0v) is 38.1. The van der Waals surface area contributed by atoms with E-state index in [0.29, 0.717) is 0 Å². The van der Waals surface area contributed by atoms with Gasteiger partial charge in [-0.1, -0.05) is 265 Å². The summed E-state index contributed by atoms with van der Waals surface area (Å²) < 4.78 is 5.32. The summed E-state index contributed by atoms with van der Waals surface area (Å²) in [6, 6.07) is 0. The zero-order chi connectivity index (χ0) is 38.7. The van der Waals surface area contributed by atoms with Gasteiger partial charge < -0.3 is 0 Å². The van der Waals surface area contributed by atoms with E-state index in [1.165, 1.54) is 296 Å². The fourth-order valence-electron chi connectivity index (χ4n) is 8.80. The molecule has 2 heteroatoms. The summed E-state index contributed by atoms with van der Waals surface area (Å²) in [4.78, 5) is 0. The van der Waals surface area contributed by atoms with Gasteiger partial charge in [0, 0.05) is 6.42 Å². The van der Waals surface area contributed by atoms with Gasteiger partial charge in [0.1, 0.15) is 12.4 Å². The van der Waals surface area contributed by atoms with Gasteiger partial charge in [0.15, 0.2) is 0 Å². The molecule has 2 nitrogen and oxygen atoms in total. The summed E-state index contributed by atoms with van der Waals surface area (Å²) in [5, 5.41) is 0. The van der Waals surface area contributed by atoms with Gasteiger partial charge in [0.25, 0.3) is 5.82 Å². The third kappa shape index (κ3) is 34.5. The molecule has 0 fully saturated rings. The van der Waals surface area contributed by atoms with Crippen molar-refractivity contribution in [2.24, 2.45) is 0 Å². The number of imidazole rings is 1. The predicted octanol–water partition coefficient (Wildman–Crippen LogP) is 18.2. The summed E-state index contributed by atoms with van der Waals surface area (Å²) >= 11 is 0. The second-order valence-corrected chi connectivity index (χ2v) is 18.0. The third-order valence-electron chi connectivity index (χ3n) is 12.6. The van der Waals surface area contributed by atoms with Gasteiger partial charge in [-0.15, -0.1) is 0 Å². The Bertz CT molecular complexity index is 777. The molecule has 0 aliphatic heterocycles. The second-order valence-electron chi connectivity index (χ2n) is 18.0. The molecular weight excluding hydrogens is 653 g/mol. The minimum Gasteiger partial charge on any atom is -0.234 e. The molecule has 0 amide bonds. The Balaban J connectivity index is 2.26. The molecule has 0 aliphatic rings. The summed E-state index contributed by atoms with van der Waals surface area (Å²) in [6.07, 6.45) is 68.3. The molecule has 0 atom stereocenters. The average molecular weight is 756 g/mol. The Labute approximate surface area is 342 Å². The van der Waals surface area contributed by atoms with E-state index in [2.05, 4.69) is 42.3 Å². The lowest BCUT2D eigenvalue weighted by molar-refractivity contribution is -0.704. The standard InChI is InChI=1S/C52H103N2/c1-4-7-10-13-16-19-22-25-28-29-32-35-38-41-44-47-52-53(48-45-42-39-36-33-30-26-23-20-17-14-11-8-5-2)50-51-54(52)49-46-43-40-37-34-31-27-24-21-18-15-12-9-6-3/h50-51H,4-49H2,1-3H3/q+1. The molecule has 0 saturated carbocycles. The molecule has 0 N–H and O–H groups in total. The highest BCUT2D eigenvalue weighted by Crippen LogP contribution is 2.17. The first-order valence-electron chi connectivity index (χ1n) is 25.9. The van der Waals surface area contributed by atoms with Crippen LogP contribution in [0.25, 0.3) is 0 Å². The number of unbranched alkanes of at least 4 members (excludes halogenated alkanes) is 40. The van der Waals surface area contributed by atoms with Crippen LogP contribution in [0.3, 0.4) is 0 Å². The minimum absolute atomic E-state index is 1.23. The summed E-state index contributed by atoms with van der Waals surface area (Å²) in [5.74, 6) is 1.63. The molecule has 0 spiro atoms. The Morgan fingerprint density at radius 2 is 0.574 bits per heavy atom. The van der Waals surface area contributed by atoms with E-state index in [1.54, 1.807) is 5.82 Å². The van der Waals surface area contributed by atoms with Crippen molar-refractivity contribution < 1.29 is 4.57 Å². The summed E-state index contributed by atoms with van der Waals surface area (Å²) in [6.45, 7) is 9.42. The topological polar surface area (TPSA) is 8.81 Å². The highest BCUT2D eigenvalue weighted by molar-refractivity contribution is 4.84. The lowest BCUT2D eigenvalue weighted by Gasteiger charge is -2.07. The van der Waals surface area contributed by atoms with E-state index < -0.39 is 0 Å². The highest BCUT2D eigenvalue weighted by atomic mass is 15.1. The highest BCUT2D eigenvalue weighted by Gasteiger charge is 2.16. The van der Waals surface area contributed by atoms with Crippen LogP contribution >= 0.6 is 0 Å². The zero-order valence-electron chi connectivity index (χ0n) is 38.1. The molecule has 1 heterocycles. The van der Waals surface area contributed by atoms with Crippen LogP contribution in [0.2, 0.25) is 0 Å². The molecule has 1 rings (SSSR count). The first-order valence-corrected chi connectivity index (χ1v) is 25.9. The van der Waals surface area contributed by atoms with Gasteiger partial charge in [-0.3, -0.25) is 0 Å². The van der Waals surface area contributed by atoms with Gasteiger partial charge in [-0.05, 0) is 32.1 Å². The maximum atomic E-state index is 2.66. The summed E-state index contributed by atoms with van der Waals surface area (Å²) in [5.41, 5.74) is 0. The van der Waals surface area contributed by atoms with E-state index in [9.17, 15) is 0 Å². The minimum atomic E-state index is 1.23. The number of rotatable bonds is 46. The van der Waals surface area contributed by atoms with Crippen LogP contribution in [0.1, 0.15) is 303 Å². The van der Waals surface area contributed by atoms with Gasteiger partial charge in [-0.25, -0.2) is 9.13 Å². The lowest BCUT2D eigenvalue weighted by Crippen LogP contribution is -2.37. The van der Waals surface area contributed by atoms with Crippen molar-refractivity contribution in [3.05, 3.63) is 18.2 Å². The molecule has 1 aromatic rings. The molecule has 0 aromatic carbocycles. The molecular formula is C52H103N2+. The van der Waals surface area contributed by atoms with E-state index in [-0.39, 0.29) is 0 Å². The lowest BCUT2D eigenvalue weighted by atomic mass is 10.0. The van der Waals surface area contributed by atoms with Crippen molar-refractivity contribution in [3.8, 4) is 0 Å². The van der Waals surface area contributed by atoms with Gasteiger partial charge in [0.2, 0.25) is 0 Å². The largest absolute Gasteiger partial charge is 0.256 e. The average Bonchev–Trinajstić information content (AvgIpc) is 3.57. The van der Waals surface area contributed by atoms with E-state index in [0.717, 1.165) is 0 Å². The van der Waals surface area contributed by atoms with E-state index in [4.69, 9.17) is 0 Å². The molecule has 0 aliphatic carbocycles. The molecule has 0 saturated heterocycles. The number of aromatic nitrogens is 2. The fourth-order valence-corrected chi connectivity index (χ4v) is 8.80. The molecule has 0 bridgehead atoms. The first-order chi connectivity index (χ1) is 26.8. The monoisotopic (exact) mass is 756 g/mol.